The lowest BCUT2D eigenvalue weighted by Crippen LogP contribution is -2.68. The largest absolute Gasteiger partial charge is 0.356 e. The molecule has 1 aromatic heterocycles. The summed E-state index contributed by atoms with van der Waals surface area (Å²) in [6, 6.07) is 7.86. The molecule has 2 aliphatic heterocycles. The number of amides is 2. The number of benzene rings is 1. The number of H-pyrrole nitrogens is 1. The minimum atomic E-state index is -0.522. The highest BCUT2D eigenvalue weighted by Crippen LogP contribution is 2.42. The van der Waals surface area contributed by atoms with E-state index in [1.165, 1.54) is 5.56 Å². The van der Waals surface area contributed by atoms with E-state index in [4.69, 9.17) is 0 Å². The quantitative estimate of drug-likeness (QED) is 0.915. The van der Waals surface area contributed by atoms with Gasteiger partial charge in [-0.3, -0.25) is 9.59 Å². The van der Waals surface area contributed by atoms with Gasteiger partial charge < -0.3 is 14.8 Å². The maximum Gasteiger partial charge on any atom is 0.246 e. The first-order chi connectivity index (χ1) is 11.9. The Labute approximate surface area is 148 Å². The first-order valence-electron chi connectivity index (χ1n) is 9.09. The van der Waals surface area contributed by atoms with Crippen molar-refractivity contribution in [2.75, 3.05) is 6.54 Å². The summed E-state index contributed by atoms with van der Waals surface area (Å²) in [6.45, 7) is 8.33. The predicted molar refractivity (Wildman–Crippen MR) is 97.1 cm³/mol. The Morgan fingerprint density at radius 3 is 2.72 bits per heavy atom. The number of nitrogens with zero attached hydrogens (tertiary/aromatic N) is 2. The lowest BCUT2D eigenvalue weighted by atomic mass is 9.82. The zero-order valence-electron chi connectivity index (χ0n) is 15.3. The van der Waals surface area contributed by atoms with Crippen LogP contribution < -0.4 is 0 Å². The number of fused-ring (bicyclic) bond motifs is 4. The Bertz CT molecular complexity index is 867. The second-order valence-corrected chi connectivity index (χ2v) is 7.79. The minimum absolute atomic E-state index is 0.0409. The Hall–Kier alpha value is -2.30. The van der Waals surface area contributed by atoms with Crippen LogP contribution in [0.5, 0.6) is 0 Å². The molecule has 2 aliphatic rings. The average Bonchev–Trinajstić information content (AvgIpc) is 2.97. The molecule has 0 bridgehead atoms. The fourth-order valence-corrected chi connectivity index (χ4v) is 4.50. The molecule has 2 aromatic rings. The molecule has 0 radical (unpaired) electrons. The van der Waals surface area contributed by atoms with Crippen LogP contribution in [0.3, 0.4) is 0 Å². The summed E-state index contributed by atoms with van der Waals surface area (Å²) in [5.41, 5.74) is 2.78. The zero-order valence-corrected chi connectivity index (χ0v) is 15.3. The summed E-state index contributed by atoms with van der Waals surface area (Å²) in [5.74, 6) is 0.122. The molecule has 132 valence electrons. The van der Waals surface area contributed by atoms with Crippen molar-refractivity contribution in [3.63, 3.8) is 0 Å². The summed E-state index contributed by atoms with van der Waals surface area (Å²) >= 11 is 0. The molecule has 0 spiro atoms. The number of carbonyl (C=O) groups excluding carboxylic acids is 2. The highest BCUT2D eigenvalue weighted by molar-refractivity contribution is 5.97. The maximum absolute atomic E-state index is 13.2. The molecule has 1 N–H and O–H groups in total. The molecule has 5 nitrogen and oxygen atoms in total. The van der Waals surface area contributed by atoms with Gasteiger partial charge in [0.1, 0.15) is 12.6 Å². The Kier molecular flexibility index (Phi) is 3.46. The highest BCUT2D eigenvalue weighted by atomic mass is 16.2. The molecular formula is C20H25N3O2. The average molecular weight is 339 g/mol. The maximum atomic E-state index is 13.2. The molecule has 1 saturated heterocycles. The molecule has 1 fully saturated rings. The SMILES string of the molecule is CCC(C)N1CC(=O)N2C(Cc3c([nH]c4ccccc34)C2(C)C)C1=O. The van der Waals surface area contributed by atoms with Crippen LogP contribution in [0.15, 0.2) is 24.3 Å². The second kappa shape index (κ2) is 5.35. The van der Waals surface area contributed by atoms with Crippen molar-refractivity contribution in [3.05, 3.63) is 35.5 Å². The third-order valence-electron chi connectivity index (χ3n) is 6.00. The van der Waals surface area contributed by atoms with Crippen molar-refractivity contribution in [1.29, 1.82) is 0 Å². The van der Waals surface area contributed by atoms with E-state index in [0.717, 1.165) is 23.0 Å². The molecule has 1 aromatic carbocycles. The van der Waals surface area contributed by atoms with Crippen molar-refractivity contribution in [1.82, 2.24) is 14.8 Å². The van der Waals surface area contributed by atoms with E-state index < -0.39 is 11.6 Å². The van der Waals surface area contributed by atoms with E-state index >= 15 is 0 Å². The van der Waals surface area contributed by atoms with Gasteiger partial charge in [-0.25, -0.2) is 0 Å². The molecule has 0 aliphatic carbocycles. The van der Waals surface area contributed by atoms with Gasteiger partial charge in [-0.1, -0.05) is 25.1 Å². The van der Waals surface area contributed by atoms with Crippen molar-refractivity contribution in [2.45, 2.75) is 58.2 Å². The van der Waals surface area contributed by atoms with Gasteiger partial charge in [-0.15, -0.1) is 0 Å². The van der Waals surface area contributed by atoms with Gasteiger partial charge >= 0.3 is 0 Å². The molecule has 2 atom stereocenters. The normalized spacial score (nSPS) is 23.6. The standard InChI is InChI=1S/C20H25N3O2/c1-5-12(2)22-11-17(24)23-16(19(22)25)10-14-13-8-6-7-9-15(13)21-18(14)20(23,3)4/h6-9,12,16,21H,5,10-11H2,1-4H3. The highest BCUT2D eigenvalue weighted by Gasteiger charge is 2.51. The van der Waals surface area contributed by atoms with Gasteiger partial charge in [-0.05, 0) is 38.8 Å². The molecule has 2 unspecified atom stereocenters. The summed E-state index contributed by atoms with van der Waals surface area (Å²) in [5, 5.41) is 1.16. The lowest BCUT2D eigenvalue weighted by Gasteiger charge is -2.52. The molecule has 0 saturated carbocycles. The third kappa shape index (κ3) is 2.14. The Balaban J connectivity index is 1.86. The van der Waals surface area contributed by atoms with E-state index in [1.54, 1.807) is 4.90 Å². The van der Waals surface area contributed by atoms with Crippen molar-refractivity contribution < 1.29 is 9.59 Å². The van der Waals surface area contributed by atoms with E-state index in [9.17, 15) is 9.59 Å². The van der Waals surface area contributed by atoms with Crippen LogP contribution in [0.1, 0.15) is 45.4 Å². The van der Waals surface area contributed by atoms with Crippen LogP contribution in [-0.4, -0.2) is 45.2 Å². The summed E-state index contributed by atoms with van der Waals surface area (Å²) in [7, 11) is 0. The summed E-state index contributed by atoms with van der Waals surface area (Å²) in [4.78, 5) is 33.2. The van der Waals surface area contributed by atoms with Gasteiger partial charge in [0.25, 0.3) is 0 Å². The van der Waals surface area contributed by atoms with Crippen molar-refractivity contribution in [2.24, 2.45) is 0 Å². The van der Waals surface area contributed by atoms with E-state index in [2.05, 4.69) is 24.0 Å². The van der Waals surface area contributed by atoms with E-state index in [-0.39, 0.29) is 24.4 Å². The number of aromatic amines is 1. The van der Waals surface area contributed by atoms with Crippen LogP contribution in [-0.2, 0) is 21.5 Å². The van der Waals surface area contributed by atoms with Crippen LogP contribution in [0.25, 0.3) is 10.9 Å². The van der Waals surface area contributed by atoms with Gasteiger partial charge in [0.2, 0.25) is 11.8 Å². The number of piperazine rings is 1. The van der Waals surface area contributed by atoms with Crippen LogP contribution in [0.4, 0.5) is 0 Å². The first-order valence-corrected chi connectivity index (χ1v) is 9.09. The molecule has 4 rings (SSSR count). The first kappa shape index (κ1) is 16.2. The van der Waals surface area contributed by atoms with Crippen molar-refractivity contribution in [3.8, 4) is 0 Å². The zero-order chi connectivity index (χ0) is 17.9. The van der Waals surface area contributed by atoms with Crippen LogP contribution >= 0.6 is 0 Å². The number of para-hydroxylation sites is 1. The Morgan fingerprint density at radius 2 is 2.00 bits per heavy atom. The van der Waals surface area contributed by atoms with Crippen LogP contribution in [0.2, 0.25) is 0 Å². The smallest absolute Gasteiger partial charge is 0.246 e. The minimum Gasteiger partial charge on any atom is -0.356 e. The summed E-state index contributed by atoms with van der Waals surface area (Å²) in [6.07, 6.45) is 1.44. The van der Waals surface area contributed by atoms with Crippen LogP contribution in [0, 0.1) is 0 Å². The van der Waals surface area contributed by atoms with Gasteiger partial charge in [0.05, 0.1) is 5.54 Å². The summed E-state index contributed by atoms with van der Waals surface area (Å²) < 4.78 is 0. The fraction of sp³-hybridized carbons (Fsp3) is 0.500. The second-order valence-electron chi connectivity index (χ2n) is 7.79. The Morgan fingerprint density at radius 1 is 1.28 bits per heavy atom. The topological polar surface area (TPSA) is 56.4 Å². The molecule has 3 heterocycles. The van der Waals surface area contributed by atoms with E-state index in [0.29, 0.717) is 6.42 Å². The lowest BCUT2D eigenvalue weighted by molar-refractivity contribution is -0.165. The van der Waals surface area contributed by atoms with Gasteiger partial charge in [-0.2, -0.15) is 0 Å². The molecule has 2 amide bonds. The molecule has 25 heavy (non-hydrogen) atoms. The van der Waals surface area contributed by atoms with Crippen molar-refractivity contribution >= 4 is 22.7 Å². The number of aromatic nitrogens is 1. The van der Waals surface area contributed by atoms with E-state index in [1.807, 2.05) is 37.8 Å². The number of hydrogen-bond donors (Lipinski definition) is 1. The number of hydrogen-bond acceptors (Lipinski definition) is 2. The van der Waals surface area contributed by atoms with Gasteiger partial charge in [0.15, 0.2) is 0 Å². The number of nitrogens with one attached hydrogen (secondary N) is 1. The number of carbonyl (C=O) groups is 2. The predicted octanol–water partition coefficient (Wildman–Crippen LogP) is 2.80. The monoisotopic (exact) mass is 339 g/mol. The molecular weight excluding hydrogens is 314 g/mol. The third-order valence-corrected chi connectivity index (χ3v) is 6.00. The molecule has 5 heteroatoms. The number of rotatable bonds is 2. The van der Waals surface area contributed by atoms with Gasteiger partial charge in [0, 0.05) is 29.1 Å². The fourth-order valence-electron chi connectivity index (χ4n) is 4.50.